The molecule has 0 spiro atoms. The topological polar surface area (TPSA) is 47.4 Å². The summed E-state index contributed by atoms with van der Waals surface area (Å²) in [6.45, 7) is 5.51. The average Bonchev–Trinajstić information content (AvgIpc) is 3.11. The first-order chi connectivity index (χ1) is 13.8. The maximum Gasteiger partial charge on any atom is 0.270 e. The number of aryl methyl sites for hydroxylation is 1. The molecule has 0 bridgehead atoms. The molecular weight excluding hydrogens is 409 g/mol. The average molecular weight is 430 g/mol. The predicted octanol–water partition coefficient (Wildman–Crippen LogP) is 5.52. The summed E-state index contributed by atoms with van der Waals surface area (Å²) in [7, 11) is 1.60. The third kappa shape index (κ3) is 3.85. The lowest BCUT2D eigenvalue weighted by molar-refractivity contribution is 0.437. The highest BCUT2D eigenvalue weighted by Crippen LogP contribution is 2.41. The van der Waals surface area contributed by atoms with E-state index >= 15 is 0 Å². The van der Waals surface area contributed by atoms with Crippen LogP contribution in [-0.2, 0) is 20.1 Å². The first-order valence-corrected chi connectivity index (χ1v) is 10.2. The number of aromatic nitrogens is 2. The van der Waals surface area contributed by atoms with Crippen LogP contribution in [0.5, 0.6) is 11.6 Å². The van der Waals surface area contributed by atoms with Crippen molar-refractivity contribution in [3.8, 4) is 11.6 Å². The number of ether oxygens (including phenoxy) is 1. The summed E-state index contributed by atoms with van der Waals surface area (Å²) in [6, 6.07) is 13.7. The molecule has 0 unspecified atom stereocenters. The van der Waals surface area contributed by atoms with Crippen molar-refractivity contribution < 1.29 is 4.74 Å². The van der Waals surface area contributed by atoms with Gasteiger partial charge in [0.15, 0.2) is 5.75 Å². The molecule has 2 heterocycles. The Morgan fingerprint density at radius 3 is 2.17 bits per heavy atom. The quantitative estimate of drug-likeness (QED) is 0.547. The van der Waals surface area contributed by atoms with E-state index in [0.717, 1.165) is 18.8 Å². The Morgan fingerprint density at radius 2 is 1.62 bits per heavy atom. The van der Waals surface area contributed by atoms with Crippen molar-refractivity contribution in [3.63, 3.8) is 0 Å². The molecule has 1 aliphatic heterocycles. The van der Waals surface area contributed by atoms with Crippen molar-refractivity contribution in [2.75, 3.05) is 4.90 Å². The van der Waals surface area contributed by atoms with Gasteiger partial charge in [-0.3, -0.25) is 4.79 Å². The van der Waals surface area contributed by atoms with Gasteiger partial charge in [-0.15, -0.1) is 5.10 Å². The maximum absolute atomic E-state index is 12.2. The molecule has 0 radical (unpaired) electrons. The van der Waals surface area contributed by atoms with Crippen LogP contribution in [0.15, 0.2) is 47.3 Å². The lowest BCUT2D eigenvalue weighted by Crippen LogP contribution is -2.24. The third-order valence-corrected chi connectivity index (χ3v) is 5.65. The van der Waals surface area contributed by atoms with Gasteiger partial charge in [0.25, 0.3) is 5.56 Å². The fourth-order valence-corrected chi connectivity index (χ4v) is 4.07. The van der Waals surface area contributed by atoms with E-state index in [0.29, 0.717) is 21.4 Å². The Hall–Kier alpha value is -2.50. The highest BCUT2D eigenvalue weighted by Gasteiger charge is 2.21. The van der Waals surface area contributed by atoms with Crippen molar-refractivity contribution in [2.45, 2.75) is 32.9 Å². The molecule has 0 atom stereocenters. The fraction of sp³-hybridized carbons (Fsp3) is 0.273. The Bertz CT molecular complexity index is 1090. The van der Waals surface area contributed by atoms with Crippen LogP contribution in [0, 0.1) is 0 Å². The first-order valence-electron chi connectivity index (χ1n) is 9.40. The number of hydrogen-bond donors (Lipinski definition) is 0. The molecule has 1 aliphatic rings. The number of halogens is 2. The van der Waals surface area contributed by atoms with E-state index in [9.17, 15) is 4.79 Å². The molecule has 0 aliphatic carbocycles. The zero-order valence-electron chi connectivity index (χ0n) is 16.4. The molecule has 0 amide bonds. The summed E-state index contributed by atoms with van der Waals surface area (Å²) in [6.07, 6.45) is 0. The molecule has 0 saturated carbocycles. The van der Waals surface area contributed by atoms with E-state index in [-0.39, 0.29) is 17.4 Å². The number of rotatable bonds is 4. The summed E-state index contributed by atoms with van der Waals surface area (Å²) in [5, 5.41) is 4.96. The summed E-state index contributed by atoms with van der Waals surface area (Å²) < 4.78 is 7.16. The third-order valence-electron chi connectivity index (χ3n) is 5.09. The van der Waals surface area contributed by atoms with E-state index in [1.165, 1.54) is 15.8 Å². The van der Waals surface area contributed by atoms with Gasteiger partial charge in [-0.25, -0.2) is 4.68 Å². The van der Waals surface area contributed by atoms with Gasteiger partial charge in [-0.1, -0.05) is 61.3 Å². The summed E-state index contributed by atoms with van der Waals surface area (Å²) in [5.74, 6) is 0.653. The van der Waals surface area contributed by atoms with Gasteiger partial charge in [0.1, 0.15) is 0 Å². The van der Waals surface area contributed by atoms with Gasteiger partial charge in [-0.2, -0.15) is 0 Å². The monoisotopic (exact) mass is 429 g/mol. The fourth-order valence-electron chi connectivity index (χ4n) is 3.51. The Balaban J connectivity index is 1.63. The molecule has 0 N–H and O–H groups in total. The maximum atomic E-state index is 12.2. The normalized spacial score (nSPS) is 13.1. The number of hydrogen-bond acceptors (Lipinski definition) is 4. The standard InChI is InChI=1S/C22H21Cl2N3O2/c1-13(2)17-10-20(25-26(3)22(17)28)29-21-18(23)8-16(9-19(21)24)27-11-14-6-4-5-7-15(14)12-27/h4-10,13H,11-12H2,1-3H3. The lowest BCUT2D eigenvalue weighted by atomic mass is 10.1. The SMILES string of the molecule is CC(C)c1cc(Oc2c(Cl)cc(N3Cc4ccccc4C3)cc2Cl)nn(C)c1=O. The smallest absolute Gasteiger partial charge is 0.270 e. The molecule has 1 aromatic heterocycles. The van der Waals surface area contributed by atoms with Gasteiger partial charge in [0.05, 0.1) is 10.0 Å². The summed E-state index contributed by atoms with van der Waals surface area (Å²) >= 11 is 13.0. The van der Waals surface area contributed by atoms with Crippen molar-refractivity contribution >= 4 is 28.9 Å². The van der Waals surface area contributed by atoms with Crippen LogP contribution in [0.2, 0.25) is 10.0 Å². The lowest BCUT2D eigenvalue weighted by Gasteiger charge is -2.20. The second kappa shape index (κ2) is 7.73. The van der Waals surface area contributed by atoms with Crippen molar-refractivity contribution in [2.24, 2.45) is 7.05 Å². The molecule has 5 nitrogen and oxygen atoms in total. The number of benzene rings is 2. The van der Waals surface area contributed by atoms with Crippen LogP contribution in [0.1, 0.15) is 36.5 Å². The second-order valence-corrected chi connectivity index (χ2v) is 8.30. The largest absolute Gasteiger partial charge is 0.434 e. The van der Waals surface area contributed by atoms with E-state index in [4.69, 9.17) is 27.9 Å². The Kier molecular flexibility index (Phi) is 5.28. The molecule has 4 rings (SSSR count). The van der Waals surface area contributed by atoms with Gasteiger partial charge in [-0.05, 0) is 29.2 Å². The summed E-state index contributed by atoms with van der Waals surface area (Å²) in [4.78, 5) is 14.4. The molecule has 7 heteroatoms. The van der Waals surface area contributed by atoms with Crippen LogP contribution in [0.3, 0.4) is 0 Å². The first kappa shape index (κ1) is 19.8. The van der Waals surface area contributed by atoms with E-state index in [1.807, 2.05) is 38.1 Å². The van der Waals surface area contributed by atoms with Crippen molar-refractivity contribution in [1.29, 1.82) is 0 Å². The van der Waals surface area contributed by atoms with Crippen LogP contribution < -0.4 is 15.2 Å². The van der Waals surface area contributed by atoms with E-state index in [1.54, 1.807) is 13.1 Å². The molecule has 3 aromatic rings. The summed E-state index contributed by atoms with van der Waals surface area (Å²) in [5.41, 5.74) is 4.01. The van der Waals surface area contributed by atoms with Crippen LogP contribution in [0.4, 0.5) is 5.69 Å². The van der Waals surface area contributed by atoms with Crippen LogP contribution >= 0.6 is 23.2 Å². The Morgan fingerprint density at radius 1 is 1.03 bits per heavy atom. The van der Waals surface area contributed by atoms with Gasteiger partial charge < -0.3 is 9.64 Å². The molecule has 29 heavy (non-hydrogen) atoms. The molecule has 2 aromatic carbocycles. The number of nitrogens with zero attached hydrogens (tertiary/aromatic N) is 3. The molecule has 150 valence electrons. The minimum absolute atomic E-state index is 0.0455. The van der Waals surface area contributed by atoms with Gasteiger partial charge in [0.2, 0.25) is 5.88 Å². The highest BCUT2D eigenvalue weighted by atomic mass is 35.5. The van der Waals surface area contributed by atoms with Crippen LogP contribution in [0.25, 0.3) is 0 Å². The van der Waals surface area contributed by atoms with E-state index < -0.39 is 0 Å². The minimum Gasteiger partial charge on any atom is -0.434 e. The molecule has 0 saturated heterocycles. The zero-order chi connectivity index (χ0) is 20.7. The Labute approximate surface area is 179 Å². The number of fused-ring (bicyclic) bond motifs is 1. The van der Waals surface area contributed by atoms with Gasteiger partial charge >= 0.3 is 0 Å². The number of anilines is 1. The minimum atomic E-state index is -0.145. The zero-order valence-corrected chi connectivity index (χ0v) is 18.0. The molecular formula is C22H21Cl2N3O2. The van der Waals surface area contributed by atoms with Gasteiger partial charge in [0, 0.05) is 37.5 Å². The second-order valence-electron chi connectivity index (χ2n) is 7.49. The molecule has 0 fully saturated rings. The van der Waals surface area contributed by atoms with Crippen molar-refractivity contribution in [3.05, 3.63) is 79.6 Å². The van der Waals surface area contributed by atoms with E-state index in [2.05, 4.69) is 22.1 Å². The predicted molar refractivity (Wildman–Crippen MR) is 116 cm³/mol. The van der Waals surface area contributed by atoms with Crippen LogP contribution in [-0.4, -0.2) is 9.78 Å². The van der Waals surface area contributed by atoms with Crippen molar-refractivity contribution in [1.82, 2.24) is 9.78 Å². The highest BCUT2D eigenvalue weighted by molar-refractivity contribution is 6.37.